The van der Waals surface area contributed by atoms with Gasteiger partial charge in [-0.2, -0.15) is 0 Å². The summed E-state index contributed by atoms with van der Waals surface area (Å²) in [5.41, 5.74) is 6.87. The first-order valence-corrected chi connectivity index (χ1v) is 21.0. The van der Waals surface area contributed by atoms with E-state index in [1.54, 1.807) is 36.0 Å². The van der Waals surface area contributed by atoms with Crippen LogP contribution in [0.2, 0.25) is 0 Å². The van der Waals surface area contributed by atoms with Crippen LogP contribution in [0.3, 0.4) is 0 Å². The Kier molecular flexibility index (Phi) is 11.5. The van der Waals surface area contributed by atoms with Crippen molar-refractivity contribution >= 4 is 46.2 Å². The topological polar surface area (TPSA) is 227 Å². The SMILES string of the molecule is COC(=O)N[C@H](C(=O)N1CCC[C@H]1c1ncc(-c2ccc(-c3ccc(-c4cnc([C@@H]5CCCN5C(=O)[C@@H](NC(=O)OC)C(C)C)[nH]4)c4oc(C)nc34)c3oc(C)nc23)[nH]1)C(C)C. The Bertz CT molecular complexity index is 2480. The summed E-state index contributed by atoms with van der Waals surface area (Å²) in [7, 11) is 2.55. The maximum absolute atomic E-state index is 13.8. The van der Waals surface area contributed by atoms with Crippen LogP contribution in [0.1, 0.15) is 88.9 Å². The highest BCUT2D eigenvalue weighted by molar-refractivity contribution is 6.06. The summed E-state index contributed by atoms with van der Waals surface area (Å²) < 4.78 is 22.1. The van der Waals surface area contributed by atoms with E-state index in [9.17, 15) is 19.2 Å². The molecule has 0 spiro atoms. The summed E-state index contributed by atoms with van der Waals surface area (Å²) in [4.78, 5) is 81.3. The van der Waals surface area contributed by atoms with Crippen molar-refractivity contribution in [2.75, 3.05) is 27.3 Å². The number of aromatic nitrogens is 6. The van der Waals surface area contributed by atoms with Crippen molar-refractivity contribution in [2.24, 2.45) is 11.8 Å². The van der Waals surface area contributed by atoms with Crippen molar-refractivity contribution in [3.05, 3.63) is 60.1 Å². The molecular weight excluding hydrogens is 797 g/mol. The number of hydrogen-bond donors (Lipinski definition) is 4. The molecule has 6 heterocycles. The van der Waals surface area contributed by atoms with Gasteiger partial charge in [0.05, 0.1) is 50.1 Å². The number of carbonyl (C=O) groups excluding carboxylic acids is 4. The van der Waals surface area contributed by atoms with Crippen LogP contribution in [0, 0.1) is 25.7 Å². The van der Waals surface area contributed by atoms with E-state index in [4.69, 9.17) is 38.2 Å². The first-order valence-electron chi connectivity index (χ1n) is 21.0. The third-order valence-corrected chi connectivity index (χ3v) is 11.8. The first-order chi connectivity index (χ1) is 29.8. The molecule has 8 rings (SSSR count). The van der Waals surface area contributed by atoms with Crippen molar-refractivity contribution in [1.29, 1.82) is 0 Å². The Morgan fingerprint density at radius 3 is 1.56 bits per heavy atom. The van der Waals surface area contributed by atoms with Crippen molar-refractivity contribution < 1.29 is 37.5 Å². The molecule has 326 valence electrons. The fourth-order valence-electron chi connectivity index (χ4n) is 8.76. The van der Waals surface area contributed by atoms with Crippen LogP contribution in [0.4, 0.5) is 9.59 Å². The van der Waals surface area contributed by atoms with Crippen LogP contribution in [0.15, 0.2) is 45.5 Å². The van der Waals surface area contributed by atoms with E-state index in [0.29, 0.717) is 76.5 Å². The van der Waals surface area contributed by atoms with Gasteiger partial charge in [0, 0.05) is 49.2 Å². The molecule has 0 radical (unpaired) electrons. The Hall–Kier alpha value is -6.72. The van der Waals surface area contributed by atoms with Gasteiger partial charge in [0.25, 0.3) is 0 Å². The lowest BCUT2D eigenvalue weighted by Gasteiger charge is -2.30. The van der Waals surface area contributed by atoms with Gasteiger partial charge in [-0.3, -0.25) is 9.59 Å². The number of amides is 4. The standard InChI is InChI=1S/C44H52N10O8/c1-21(2)33(51-43(57)59-7)41(55)53-17-9-11-31(53)39-45-19-29(49-39)27-15-14-26(37-36(27)48-24(6)61-37)25-13-16-28(38-35(25)47-23(5)62-38)30-20-46-40(50-30)32-12-10-18-54(32)42(56)34(22(3)4)52-44(58)60-8/h13-16,19-22,31-34H,9-12,17-18H2,1-8H3,(H,45,49)(H,46,50)(H,51,57)(H,52,58)/t31-,32-,33-,34-/m0/s1. The summed E-state index contributed by atoms with van der Waals surface area (Å²) >= 11 is 0. The lowest BCUT2D eigenvalue weighted by molar-refractivity contribution is -0.136. The second-order valence-corrected chi connectivity index (χ2v) is 16.6. The molecule has 6 aromatic rings. The molecule has 2 aliphatic rings. The second kappa shape index (κ2) is 17.0. The van der Waals surface area contributed by atoms with Crippen LogP contribution in [-0.2, 0) is 19.1 Å². The van der Waals surface area contributed by atoms with Crippen molar-refractivity contribution in [2.45, 2.75) is 91.4 Å². The first kappa shape index (κ1) is 42.0. The van der Waals surface area contributed by atoms with Gasteiger partial charge in [0.2, 0.25) is 11.8 Å². The molecule has 18 heteroatoms. The third-order valence-electron chi connectivity index (χ3n) is 11.8. The highest BCUT2D eigenvalue weighted by atomic mass is 16.5. The maximum atomic E-state index is 13.8. The van der Waals surface area contributed by atoms with Gasteiger partial charge in [-0.05, 0) is 55.7 Å². The molecule has 62 heavy (non-hydrogen) atoms. The summed E-state index contributed by atoms with van der Waals surface area (Å²) in [6, 6.07) is 5.78. The number of benzene rings is 2. The number of H-pyrrole nitrogens is 2. The van der Waals surface area contributed by atoms with Crippen LogP contribution >= 0.6 is 0 Å². The Labute approximate surface area is 357 Å². The fourth-order valence-corrected chi connectivity index (χ4v) is 8.76. The van der Waals surface area contributed by atoms with E-state index >= 15 is 0 Å². The lowest BCUT2D eigenvalue weighted by atomic mass is 9.98. The number of ether oxygens (including phenoxy) is 2. The van der Waals surface area contributed by atoms with Gasteiger partial charge in [0.15, 0.2) is 22.9 Å². The number of aryl methyl sites for hydroxylation is 2. The maximum Gasteiger partial charge on any atom is 0.407 e. The average molecular weight is 849 g/mol. The van der Waals surface area contributed by atoms with Crippen molar-refractivity contribution in [1.82, 2.24) is 50.3 Å². The predicted molar refractivity (Wildman–Crippen MR) is 227 cm³/mol. The molecule has 2 fully saturated rings. The van der Waals surface area contributed by atoms with E-state index < -0.39 is 24.3 Å². The number of carbonyl (C=O) groups is 4. The van der Waals surface area contributed by atoms with Crippen LogP contribution in [0.5, 0.6) is 0 Å². The third kappa shape index (κ3) is 7.73. The molecule has 0 aliphatic carbocycles. The Morgan fingerprint density at radius 2 is 1.08 bits per heavy atom. The minimum absolute atomic E-state index is 0.149. The second-order valence-electron chi connectivity index (χ2n) is 16.6. The van der Waals surface area contributed by atoms with E-state index in [1.165, 1.54) is 14.2 Å². The number of rotatable bonds is 11. The minimum atomic E-state index is -0.741. The number of fused-ring (bicyclic) bond motifs is 2. The molecule has 4 amide bonds. The number of nitrogens with one attached hydrogen (secondary N) is 4. The molecule has 18 nitrogen and oxygen atoms in total. The van der Waals surface area contributed by atoms with Gasteiger partial charge < -0.3 is 48.7 Å². The van der Waals surface area contributed by atoms with Crippen molar-refractivity contribution in [3.63, 3.8) is 0 Å². The summed E-state index contributed by atoms with van der Waals surface area (Å²) in [6.07, 6.45) is 5.21. The van der Waals surface area contributed by atoms with E-state index in [0.717, 1.165) is 41.5 Å². The smallest absolute Gasteiger partial charge is 0.407 e. The molecule has 2 saturated heterocycles. The van der Waals surface area contributed by atoms with Gasteiger partial charge in [0.1, 0.15) is 34.8 Å². The molecule has 4 aromatic heterocycles. The number of likely N-dealkylation sites (tertiary alicyclic amines) is 2. The number of alkyl carbamates (subject to hydrolysis) is 2. The van der Waals surface area contributed by atoms with Crippen molar-refractivity contribution in [3.8, 4) is 33.6 Å². The van der Waals surface area contributed by atoms with Gasteiger partial charge >= 0.3 is 12.2 Å². The van der Waals surface area contributed by atoms with E-state index in [-0.39, 0.29) is 35.7 Å². The van der Waals surface area contributed by atoms with Gasteiger partial charge in [-0.1, -0.05) is 33.8 Å². The fraction of sp³-hybridized carbons (Fsp3) is 0.455. The highest BCUT2D eigenvalue weighted by Crippen LogP contribution is 2.42. The van der Waals surface area contributed by atoms with E-state index in [1.807, 2.05) is 52.0 Å². The molecule has 2 aliphatic heterocycles. The molecule has 0 unspecified atom stereocenters. The largest absolute Gasteiger partial charge is 0.453 e. The number of imidazole rings is 2. The summed E-state index contributed by atoms with van der Waals surface area (Å²) in [5, 5.41) is 5.39. The zero-order valence-corrected chi connectivity index (χ0v) is 36.1. The van der Waals surface area contributed by atoms with Crippen LogP contribution in [-0.4, -0.2) is 103 Å². The zero-order valence-electron chi connectivity index (χ0n) is 36.1. The Morgan fingerprint density at radius 1 is 0.661 bits per heavy atom. The molecule has 0 saturated carbocycles. The van der Waals surface area contributed by atoms with Crippen LogP contribution in [0.25, 0.3) is 55.8 Å². The molecule has 4 atom stereocenters. The molecule has 2 aromatic carbocycles. The van der Waals surface area contributed by atoms with Crippen LogP contribution < -0.4 is 10.6 Å². The summed E-state index contributed by atoms with van der Waals surface area (Å²) in [5.74, 6) is 1.57. The minimum Gasteiger partial charge on any atom is -0.453 e. The zero-order chi connectivity index (χ0) is 44.0. The number of aromatic amines is 2. The number of hydrogen-bond acceptors (Lipinski definition) is 12. The summed E-state index contributed by atoms with van der Waals surface area (Å²) in [6.45, 7) is 12.2. The predicted octanol–water partition coefficient (Wildman–Crippen LogP) is 7.12. The number of nitrogens with zero attached hydrogens (tertiary/aromatic N) is 6. The van der Waals surface area contributed by atoms with Gasteiger partial charge in [-0.15, -0.1) is 0 Å². The van der Waals surface area contributed by atoms with Gasteiger partial charge in [-0.25, -0.2) is 29.5 Å². The van der Waals surface area contributed by atoms with E-state index in [2.05, 4.69) is 20.6 Å². The number of oxazole rings is 2. The molecule has 4 N–H and O–H groups in total. The molecular formula is C44H52N10O8. The average Bonchev–Trinajstić information content (AvgIpc) is 4.11. The number of methoxy groups -OCH3 is 2. The Balaban J connectivity index is 1.08. The normalized spacial score (nSPS) is 17.6. The lowest BCUT2D eigenvalue weighted by Crippen LogP contribution is -2.51. The highest BCUT2D eigenvalue weighted by Gasteiger charge is 2.39. The monoisotopic (exact) mass is 848 g/mol. The molecule has 0 bridgehead atoms. The quantitative estimate of drug-likeness (QED) is 0.102.